The molecule has 1 saturated heterocycles. The molecule has 1 aliphatic rings. The quantitative estimate of drug-likeness (QED) is 0.0359. The highest BCUT2D eigenvalue weighted by atomic mass is 16.6. The summed E-state index contributed by atoms with van der Waals surface area (Å²) < 4.78 is 5.48. The van der Waals surface area contributed by atoms with Crippen molar-refractivity contribution in [3.8, 4) is 0 Å². The molecule has 0 saturated carbocycles. The van der Waals surface area contributed by atoms with Crippen molar-refractivity contribution in [1.82, 2.24) is 63.8 Å². The van der Waals surface area contributed by atoms with Gasteiger partial charge in [0.05, 0.1) is 38.0 Å². The number of carbonyl (C=O) groups is 12. The average molecular weight is 1390 g/mol. The summed E-state index contributed by atoms with van der Waals surface area (Å²) in [4.78, 5) is 178. The van der Waals surface area contributed by atoms with Gasteiger partial charge in [-0.1, -0.05) is 130 Å². The van der Waals surface area contributed by atoms with E-state index < -0.39 is 198 Å². The Balaban J connectivity index is 2.43. The fourth-order valence-electron chi connectivity index (χ4n) is 10.3. The lowest BCUT2D eigenvalue weighted by Gasteiger charge is -2.35. The first-order valence-corrected chi connectivity index (χ1v) is 33.0. The molecule has 0 bridgehead atoms. The van der Waals surface area contributed by atoms with Crippen molar-refractivity contribution >= 4 is 77.0 Å². The number of nitrogens with zero attached hydrogens (tertiary/aromatic N) is 1. The molecule has 552 valence electrons. The third-order valence-electron chi connectivity index (χ3n) is 15.2. The first-order chi connectivity index (χ1) is 46.0. The van der Waals surface area contributed by atoms with E-state index in [9.17, 15) is 63.6 Å². The van der Waals surface area contributed by atoms with Crippen molar-refractivity contribution in [1.29, 1.82) is 0 Å². The second-order valence-corrected chi connectivity index (χ2v) is 28.8. The maximum absolute atomic E-state index is 15.7. The molecule has 1 unspecified atom stereocenters. The van der Waals surface area contributed by atoms with Gasteiger partial charge in [0.15, 0.2) is 5.96 Å². The molecule has 0 spiro atoms. The van der Waals surface area contributed by atoms with E-state index >= 15 is 14.4 Å². The van der Waals surface area contributed by atoms with Crippen LogP contribution in [0.2, 0.25) is 0 Å². The second kappa shape index (κ2) is 39.0. The molecule has 0 radical (unpaired) electrons. The Hall–Kier alpha value is -9.01. The number of rotatable bonds is 21. The molecule has 99 heavy (non-hydrogen) atoms. The Morgan fingerprint density at radius 1 is 0.576 bits per heavy atom. The van der Waals surface area contributed by atoms with Gasteiger partial charge in [-0.15, -0.1) is 0 Å². The van der Waals surface area contributed by atoms with Crippen LogP contribution in [0.5, 0.6) is 0 Å². The Bertz CT molecular complexity index is 3090. The van der Waals surface area contributed by atoms with Crippen LogP contribution >= 0.6 is 0 Å². The van der Waals surface area contributed by atoms with Gasteiger partial charge >= 0.3 is 6.09 Å². The van der Waals surface area contributed by atoms with E-state index in [1.165, 1.54) is 38.1 Å². The molecule has 13 atom stereocenters. The molecule has 0 aliphatic carbocycles. The van der Waals surface area contributed by atoms with Gasteiger partial charge in [-0.05, 0) is 93.6 Å². The minimum atomic E-state index is -2.11. The van der Waals surface area contributed by atoms with E-state index in [0.29, 0.717) is 5.56 Å². The van der Waals surface area contributed by atoms with E-state index in [2.05, 4.69) is 68.8 Å². The molecule has 20 N–H and O–H groups in total. The number of ether oxygens (including phenoxy) is 1. The van der Waals surface area contributed by atoms with Crippen molar-refractivity contribution in [2.75, 3.05) is 26.3 Å². The van der Waals surface area contributed by atoms with Gasteiger partial charge < -0.3 is 100 Å². The largest absolute Gasteiger partial charge is 0.444 e. The van der Waals surface area contributed by atoms with Crippen molar-refractivity contribution < 1.29 is 82.7 Å². The smallest absolute Gasteiger partial charge is 0.408 e. The van der Waals surface area contributed by atoms with Crippen molar-refractivity contribution in [2.24, 2.45) is 39.1 Å². The molecular weight excluding hydrogens is 1290 g/mol. The van der Waals surface area contributed by atoms with Gasteiger partial charge in [0.2, 0.25) is 65.0 Å². The van der Waals surface area contributed by atoms with Gasteiger partial charge in [0.1, 0.15) is 66.0 Å². The molecule has 1 aliphatic heterocycles. The molecule has 0 aromatic heterocycles. The van der Waals surface area contributed by atoms with Crippen LogP contribution in [0.4, 0.5) is 4.79 Å². The lowest BCUT2D eigenvalue weighted by Crippen LogP contribution is -2.65. The Morgan fingerprint density at radius 2 is 1.06 bits per heavy atom. The van der Waals surface area contributed by atoms with Gasteiger partial charge in [-0.25, -0.2) is 4.79 Å². The molecule has 3 rings (SSSR count). The minimum absolute atomic E-state index is 0.0279. The number of benzene rings is 2. The lowest BCUT2D eigenvalue weighted by molar-refractivity contribution is -0.139. The number of carbonyl (C=O) groups excluding carboxylic acids is 12. The number of amides is 12. The standard InChI is InChI=1S/C67H107N15O17/c1-35(2)28-41-54(89)73-40(26-21-27-70-63(68)69)53(88)74-42(29-38-22-17-15-18-23-38)55(90)79-48(37(5)85)60(95)71-32-47(86)72-45(33-83)58(93)77-46(34-84)59(94)80-49(39-24-19-16-20-25-39)50(61(96)82-51(62(97)75-41)52(87)36(3)4)81-57(92)43(30-65(6,7)8)76-56(91)44(31-66(9,10)11)78-64(98)99-67(12,13)14/h15-20,22-25,35-37,40-46,48-52,83-85,87H,21,26-34H2,1-14H3,(H,71,95)(H,72,86)(H,73,89)(H,74,88)(H,75,97)(H,76,91)(H,77,93)(H,78,98)(H,79,90)(H,80,94)(H,81,92)(H,82,96)(H4,68,69,70)/t37-,40+,41-,42-,43-,44+,45-,46?,48-,49+,50-,51-,52+/m0/s1. The van der Waals surface area contributed by atoms with Crippen LogP contribution in [0.25, 0.3) is 0 Å². The number of aliphatic imine (C=N–C) groups is 1. The van der Waals surface area contributed by atoms with Crippen molar-refractivity contribution in [3.63, 3.8) is 0 Å². The molecule has 32 nitrogen and oxygen atoms in total. The van der Waals surface area contributed by atoms with E-state index in [-0.39, 0.29) is 56.6 Å². The summed E-state index contributed by atoms with van der Waals surface area (Å²) in [7, 11) is 0. The minimum Gasteiger partial charge on any atom is -0.444 e. The van der Waals surface area contributed by atoms with Gasteiger partial charge in [-0.3, -0.25) is 57.7 Å². The predicted octanol–water partition coefficient (Wildman–Crippen LogP) is -2.17. The van der Waals surface area contributed by atoms with Gasteiger partial charge in [-0.2, -0.15) is 0 Å². The van der Waals surface area contributed by atoms with E-state index in [1.54, 1.807) is 91.8 Å². The van der Waals surface area contributed by atoms with Crippen LogP contribution in [0.3, 0.4) is 0 Å². The molecule has 12 amide bonds. The summed E-state index contributed by atoms with van der Waals surface area (Å²) in [6.07, 6.45) is -5.07. The Labute approximate surface area is 578 Å². The number of hydrogen-bond acceptors (Lipinski definition) is 18. The van der Waals surface area contributed by atoms with Crippen LogP contribution in [0.1, 0.15) is 146 Å². The summed E-state index contributed by atoms with van der Waals surface area (Å²) in [6.45, 7) is 19.8. The maximum atomic E-state index is 15.7. The fourth-order valence-corrected chi connectivity index (χ4v) is 10.3. The highest BCUT2D eigenvalue weighted by Gasteiger charge is 2.43. The zero-order chi connectivity index (χ0) is 74.9. The normalized spacial score (nSPS) is 23.2. The highest BCUT2D eigenvalue weighted by Crippen LogP contribution is 2.26. The lowest BCUT2D eigenvalue weighted by atomic mass is 9.86. The van der Waals surface area contributed by atoms with Crippen molar-refractivity contribution in [2.45, 2.75) is 220 Å². The molecule has 2 aromatic rings. The number of aliphatic hydroxyl groups excluding tert-OH is 4. The average Bonchev–Trinajstić information content (AvgIpc) is 0.811. The monoisotopic (exact) mass is 1390 g/mol. The summed E-state index contributed by atoms with van der Waals surface area (Å²) >= 11 is 0. The first kappa shape index (κ1) is 84.2. The second-order valence-electron chi connectivity index (χ2n) is 28.8. The Morgan fingerprint density at radius 3 is 1.59 bits per heavy atom. The fraction of sp³-hybridized carbons (Fsp3) is 0.627. The summed E-state index contributed by atoms with van der Waals surface area (Å²) in [5, 5.41) is 74.1. The molecule has 1 heterocycles. The number of nitrogens with one attached hydrogen (secondary N) is 12. The van der Waals surface area contributed by atoms with Crippen LogP contribution in [0, 0.1) is 22.7 Å². The summed E-state index contributed by atoms with van der Waals surface area (Å²) in [5.74, 6) is -13.7. The highest BCUT2D eigenvalue weighted by molar-refractivity contribution is 6.00. The van der Waals surface area contributed by atoms with Crippen LogP contribution in [-0.4, -0.2) is 202 Å². The SMILES string of the molecule is CC(C)C[C@@H]1NC(=O)[C@H]([C@H](O)C(C)C)NC(=O)[C@@H](NC(=O)[C@H](CC(C)(C)C)NC(=O)[C@@H](CC(C)(C)C)NC(=O)OC(C)(C)C)[C@@H](c2ccccc2)NC(=O)C(CO)NC(=O)[C@H](CO)NC(=O)CNC(=O)[C@H]([C@H](C)O)NC(=O)[C@H](Cc2ccccc2)NC(=O)[C@@H](CCCN=C(N)N)NC1=O. The summed E-state index contributed by atoms with van der Waals surface area (Å²) in [6, 6.07) is -3.46. The van der Waals surface area contributed by atoms with Gasteiger partial charge in [0.25, 0.3) is 0 Å². The van der Waals surface area contributed by atoms with Gasteiger partial charge in [0, 0.05) is 13.0 Å². The van der Waals surface area contributed by atoms with Crippen LogP contribution in [0.15, 0.2) is 65.7 Å². The summed E-state index contributed by atoms with van der Waals surface area (Å²) in [5.41, 5.74) is 9.37. The Kier molecular flexibility index (Phi) is 33.1. The molecule has 32 heteroatoms. The van der Waals surface area contributed by atoms with Crippen molar-refractivity contribution in [3.05, 3.63) is 71.8 Å². The van der Waals surface area contributed by atoms with E-state index in [4.69, 9.17) is 16.2 Å². The number of guanidine groups is 1. The van der Waals surface area contributed by atoms with E-state index in [0.717, 1.165) is 6.92 Å². The number of nitrogens with two attached hydrogens (primary N) is 2. The molecular formula is C67H107N15O17. The maximum Gasteiger partial charge on any atom is 0.408 e. The predicted molar refractivity (Wildman–Crippen MR) is 365 cm³/mol. The number of hydrogen-bond donors (Lipinski definition) is 18. The number of alkyl carbamates (subject to hydrolysis) is 1. The molecule has 1 fully saturated rings. The third kappa shape index (κ3) is 29.9. The zero-order valence-corrected chi connectivity index (χ0v) is 59.2. The molecule has 2 aromatic carbocycles. The number of aliphatic hydroxyl groups is 4. The van der Waals surface area contributed by atoms with Crippen LogP contribution in [-0.2, 0) is 63.9 Å². The third-order valence-corrected chi connectivity index (χ3v) is 15.2. The van der Waals surface area contributed by atoms with Crippen LogP contribution < -0.4 is 75.3 Å². The zero-order valence-electron chi connectivity index (χ0n) is 59.2. The van der Waals surface area contributed by atoms with E-state index in [1.807, 2.05) is 20.8 Å². The first-order valence-electron chi connectivity index (χ1n) is 33.0. The topological polar surface area (TPSA) is 504 Å².